The quantitative estimate of drug-likeness (QED) is 0.523. The highest BCUT2D eigenvalue weighted by Gasteiger charge is 2.23. The van der Waals surface area contributed by atoms with Gasteiger partial charge in [-0.05, 0) is 70.5 Å². The minimum Gasteiger partial charge on any atom is -0.360 e. The number of nitrogens with one attached hydrogen (secondary N) is 2. The van der Waals surface area contributed by atoms with Crippen molar-refractivity contribution >= 4 is 34.9 Å². The standard InChI is InChI=1S/C23H38N6S/c1-18-11-7-10-16-29(18)21-17-20(28-14-8-4-9-15-28)25-22(26-21)27-23(30)24-19-12-5-2-3-6-13-19/h17-19H,2-16H2,1H3,(H2,24,25,26,27,30)/t18-/m0/s1. The molecule has 1 atom stereocenters. The van der Waals surface area contributed by atoms with Crippen LogP contribution in [-0.4, -0.2) is 46.8 Å². The smallest absolute Gasteiger partial charge is 0.232 e. The summed E-state index contributed by atoms with van der Waals surface area (Å²) in [6.07, 6.45) is 15.2. The maximum Gasteiger partial charge on any atom is 0.232 e. The van der Waals surface area contributed by atoms with Crippen LogP contribution in [0.2, 0.25) is 0 Å². The second kappa shape index (κ2) is 10.6. The first-order valence-corrected chi connectivity index (χ1v) is 12.6. The van der Waals surface area contributed by atoms with E-state index in [1.807, 2.05) is 0 Å². The molecular formula is C23H38N6S. The van der Waals surface area contributed by atoms with E-state index < -0.39 is 0 Å². The third-order valence-corrected chi connectivity index (χ3v) is 7.11. The van der Waals surface area contributed by atoms with Crippen LogP contribution in [-0.2, 0) is 0 Å². The van der Waals surface area contributed by atoms with Crippen LogP contribution in [0.15, 0.2) is 6.07 Å². The van der Waals surface area contributed by atoms with Crippen LogP contribution in [0.3, 0.4) is 0 Å². The molecule has 3 fully saturated rings. The highest BCUT2D eigenvalue weighted by Crippen LogP contribution is 2.28. The average Bonchev–Trinajstić information content (AvgIpc) is 3.03. The van der Waals surface area contributed by atoms with Gasteiger partial charge in [-0.25, -0.2) is 0 Å². The molecule has 3 heterocycles. The van der Waals surface area contributed by atoms with Crippen molar-refractivity contribution in [2.24, 2.45) is 0 Å². The fourth-order valence-corrected chi connectivity index (χ4v) is 5.35. The molecular weight excluding hydrogens is 392 g/mol. The molecule has 0 radical (unpaired) electrons. The van der Waals surface area contributed by atoms with Gasteiger partial charge in [0.05, 0.1) is 0 Å². The average molecular weight is 431 g/mol. The van der Waals surface area contributed by atoms with E-state index in [0.717, 1.165) is 31.3 Å². The van der Waals surface area contributed by atoms with Gasteiger partial charge in [-0.2, -0.15) is 9.97 Å². The lowest BCUT2D eigenvalue weighted by Crippen LogP contribution is -2.40. The van der Waals surface area contributed by atoms with Crippen LogP contribution < -0.4 is 20.4 Å². The normalized spacial score (nSPS) is 23.7. The van der Waals surface area contributed by atoms with E-state index in [4.69, 9.17) is 22.2 Å². The Kier molecular flexibility index (Phi) is 7.63. The molecule has 0 spiro atoms. The molecule has 0 amide bonds. The molecule has 2 saturated heterocycles. The van der Waals surface area contributed by atoms with E-state index in [0.29, 0.717) is 23.1 Å². The Bertz CT molecular complexity index is 697. The highest BCUT2D eigenvalue weighted by atomic mass is 32.1. The van der Waals surface area contributed by atoms with Crippen molar-refractivity contribution < 1.29 is 0 Å². The summed E-state index contributed by atoms with van der Waals surface area (Å²) < 4.78 is 0. The number of anilines is 3. The number of piperidine rings is 2. The molecule has 0 unspecified atom stereocenters. The first-order chi connectivity index (χ1) is 14.7. The summed E-state index contributed by atoms with van der Waals surface area (Å²) in [5, 5.41) is 7.52. The number of hydrogen-bond donors (Lipinski definition) is 2. The van der Waals surface area contributed by atoms with Crippen LogP contribution in [0.5, 0.6) is 0 Å². The number of thiocarbonyl (C=S) groups is 1. The van der Waals surface area contributed by atoms with Gasteiger partial charge in [0.1, 0.15) is 11.6 Å². The molecule has 1 aliphatic carbocycles. The maximum atomic E-state index is 5.65. The van der Waals surface area contributed by atoms with E-state index >= 15 is 0 Å². The number of hydrogen-bond acceptors (Lipinski definition) is 5. The summed E-state index contributed by atoms with van der Waals surface area (Å²) in [7, 11) is 0. The molecule has 3 aliphatic rings. The molecule has 0 aromatic carbocycles. The SMILES string of the molecule is C[C@H]1CCCCN1c1cc(N2CCCCC2)nc(NC(=S)NC2CCCCCC2)n1. The topological polar surface area (TPSA) is 56.3 Å². The molecule has 7 heteroatoms. The van der Waals surface area contributed by atoms with Gasteiger partial charge in [0, 0.05) is 37.8 Å². The van der Waals surface area contributed by atoms with Gasteiger partial charge in [0.2, 0.25) is 5.95 Å². The first-order valence-electron chi connectivity index (χ1n) is 12.2. The van der Waals surface area contributed by atoms with Gasteiger partial charge in [0.15, 0.2) is 5.11 Å². The zero-order chi connectivity index (χ0) is 20.8. The van der Waals surface area contributed by atoms with E-state index in [1.54, 1.807) is 0 Å². The van der Waals surface area contributed by atoms with Gasteiger partial charge < -0.3 is 20.4 Å². The van der Waals surface area contributed by atoms with Crippen molar-refractivity contribution in [3.63, 3.8) is 0 Å². The van der Waals surface area contributed by atoms with Crippen molar-refractivity contribution in [3.8, 4) is 0 Å². The maximum absolute atomic E-state index is 5.65. The predicted molar refractivity (Wildman–Crippen MR) is 130 cm³/mol. The Morgan fingerprint density at radius 3 is 2.23 bits per heavy atom. The zero-order valence-electron chi connectivity index (χ0n) is 18.5. The summed E-state index contributed by atoms with van der Waals surface area (Å²) in [6.45, 7) is 5.54. The van der Waals surface area contributed by atoms with E-state index in [-0.39, 0.29) is 0 Å². The first kappa shape index (κ1) is 21.6. The van der Waals surface area contributed by atoms with Crippen LogP contribution in [0.4, 0.5) is 17.6 Å². The second-order valence-electron chi connectivity index (χ2n) is 9.28. The van der Waals surface area contributed by atoms with E-state index in [9.17, 15) is 0 Å². The Balaban J connectivity index is 1.51. The zero-order valence-corrected chi connectivity index (χ0v) is 19.4. The summed E-state index contributed by atoms with van der Waals surface area (Å²) in [6, 6.07) is 3.19. The lowest BCUT2D eigenvalue weighted by molar-refractivity contribution is 0.481. The van der Waals surface area contributed by atoms with Crippen LogP contribution in [0.1, 0.15) is 84.0 Å². The Labute approximate surface area is 187 Å². The van der Waals surface area contributed by atoms with Gasteiger partial charge in [-0.15, -0.1) is 0 Å². The third kappa shape index (κ3) is 5.74. The van der Waals surface area contributed by atoms with Crippen molar-refractivity contribution in [1.82, 2.24) is 15.3 Å². The predicted octanol–water partition coefficient (Wildman–Crippen LogP) is 4.85. The van der Waals surface area contributed by atoms with Crippen molar-refractivity contribution in [1.29, 1.82) is 0 Å². The summed E-state index contributed by atoms with van der Waals surface area (Å²) in [5.41, 5.74) is 0. The number of nitrogens with zero attached hydrogens (tertiary/aromatic N) is 4. The monoisotopic (exact) mass is 430 g/mol. The molecule has 0 bridgehead atoms. The summed E-state index contributed by atoms with van der Waals surface area (Å²) >= 11 is 5.65. The molecule has 4 rings (SSSR count). The van der Waals surface area contributed by atoms with Crippen LogP contribution in [0.25, 0.3) is 0 Å². The van der Waals surface area contributed by atoms with Crippen LogP contribution in [0, 0.1) is 0 Å². The summed E-state index contributed by atoms with van der Waals surface area (Å²) in [5.74, 6) is 2.71. The van der Waals surface area contributed by atoms with Crippen molar-refractivity contribution in [3.05, 3.63) is 6.07 Å². The molecule has 1 aromatic rings. The molecule has 30 heavy (non-hydrogen) atoms. The largest absolute Gasteiger partial charge is 0.360 e. The fourth-order valence-electron chi connectivity index (χ4n) is 5.10. The Hall–Kier alpha value is -1.63. The summed E-state index contributed by atoms with van der Waals surface area (Å²) in [4.78, 5) is 14.6. The Morgan fingerprint density at radius 1 is 0.867 bits per heavy atom. The number of aromatic nitrogens is 2. The van der Waals surface area contributed by atoms with E-state index in [2.05, 4.69) is 33.4 Å². The van der Waals surface area contributed by atoms with Crippen molar-refractivity contribution in [2.45, 2.75) is 96.1 Å². The lowest BCUT2D eigenvalue weighted by atomic mass is 10.0. The minimum atomic E-state index is 0.472. The van der Waals surface area contributed by atoms with E-state index in [1.165, 1.54) is 77.0 Å². The molecule has 166 valence electrons. The lowest BCUT2D eigenvalue weighted by Gasteiger charge is -2.35. The third-order valence-electron chi connectivity index (χ3n) is 6.89. The van der Waals surface area contributed by atoms with Crippen LogP contribution >= 0.6 is 12.2 Å². The van der Waals surface area contributed by atoms with Gasteiger partial charge >= 0.3 is 0 Å². The molecule has 2 N–H and O–H groups in total. The van der Waals surface area contributed by atoms with Crippen molar-refractivity contribution in [2.75, 3.05) is 34.8 Å². The van der Waals surface area contributed by atoms with Gasteiger partial charge in [-0.3, -0.25) is 0 Å². The molecule has 6 nitrogen and oxygen atoms in total. The molecule has 1 saturated carbocycles. The highest BCUT2D eigenvalue weighted by molar-refractivity contribution is 7.80. The fraction of sp³-hybridized carbons (Fsp3) is 0.783. The van der Waals surface area contributed by atoms with Gasteiger partial charge in [0.25, 0.3) is 0 Å². The Morgan fingerprint density at radius 2 is 1.50 bits per heavy atom. The van der Waals surface area contributed by atoms with Gasteiger partial charge in [-0.1, -0.05) is 25.7 Å². The second-order valence-corrected chi connectivity index (χ2v) is 9.69. The molecule has 2 aliphatic heterocycles. The number of rotatable bonds is 4. The molecule has 1 aromatic heterocycles. The minimum absolute atomic E-state index is 0.472.